The van der Waals surface area contributed by atoms with Gasteiger partial charge in [-0.25, -0.2) is 4.79 Å². The Hall–Kier alpha value is -1.85. The first-order valence-corrected chi connectivity index (χ1v) is 7.34. The van der Waals surface area contributed by atoms with Crippen molar-refractivity contribution >= 4 is 17.4 Å². The molecule has 1 aromatic heterocycles. The number of rotatable bonds is 6. The van der Waals surface area contributed by atoms with Crippen LogP contribution >= 0.6 is 11.3 Å². The summed E-state index contributed by atoms with van der Waals surface area (Å²) in [6, 6.07) is 11.6. The molecule has 4 nitrogen and oxygen atoms in total. The highest BCUT2D eigenvalue weighted by Gasteiger charge is 2.12. The van der Waals surface area contributed by atoms with Crippen molar-refractivity contribution in [3.63, 3.8) is 0 Å². The molecule has 0 aliphatic rings. The van der Waals surface area contributed by atoms with Gasteiger partial charge in [0.05, 0.1) is 0 Å². The van der Waals surface area contributed by atoms with E-state index in [9.17, 15) is 4.79 Å². The molecule has 0 saturated heterocycles. The predicted octanol–water partition coefficient (Wildman–Crippen LogP) is 2.94. The van der Waals surface area contributed by atoms with Gasteiger partial charge in [0.25, 0.3) is 0 Å². The first kappa shape index (κ1) is 14.6. The van der Waals surface area contributed by atoms with Gasteiger partial charge in [-0.3, -0.25) is 0 Å². The van der Waals surface area contributed by atoms with E-state index in [1.807, 2.05) is 47.2 Å². The second-order valence-corrected chi connectivity index (χ2v) is 5.11. The van der Waals surface area contributed by atoms with Crippen molar-refractivity contribution in [1.29, 1.82) is 0 Å². The Bertz CT molecular complexity index is 514. The van der Waals surface area contributed by atoms with Crippen LogP contribution in [-0.4, -0.2) is 19.7 Å². The summed E-state index contributed by atoms with van der Waals surface area (Å²) in [7, 11) is 1.64. The Morgan fingerprint density at radius 2 is 2.05 bits per heavy atom. The molecule has 2 aromatic rings. The summed E-state index contributed by atoms with van der Waals surface area (Å²) in [4.78, 5) is 11.7. The van der Waals surface area contributed by atoms with Gasteiger partial charge in [-0.1, -0.05) is 30.3 Å². The third kappa shape index (κ3) is 4.36. The van der Waals surface area contributed by atoms with Crippen LogP contribution in [0.5, 0.6) is 0 Å². The highest BCUT2D eigenvalue weighted by atomic mass is 32.1. The summed E-state index contributed by atoms with van der Waals surface area (Å²) in [5.74, 6) is 0. The van der Waals surface area contributed by atoms with E-state index in [-0.39, 0.29) is 12.1 Å². The van der Waals surface area contributed by atoms with E-state index >= 15 is 0 Å². The lowest BCUT2D eigenvalue weighted by Gasteiger charge is -2.15. The number of hydrogen-bond donors (Lipinski definition) is 2. The fraction of sp³-hybridized carbons (Fsp3) is 0.267. The van der Waals surface area contributed by atoms with Crippen LogP contribution in [0.3, 0.4) is 0 Å². The first-order chi connectivity index (χ1) is 9.79. The minimum atomic E-state index is -0.189. The summed E-state index contributed by atoms with van der Waals surface area (Å²) in [5.41, 5.74) is 2.16. The maximum absolute atomic E-state index is 11.7. The molecule has 2 rings (SSSR count). The van der Waals surface area contributed by atoms with E-state index < -0.39 is 0 Å². The van der Waals surface area contributed by atoms with Crippen LogP contribution in [0.2, 0.25) is 0 Å². The van der Waals surface area contributed by atoms with E-state index in [0.29, 0.717) is 13.1 Å². The Kier molecular flexibility index (Phi) is 5.58. The summed E-state index contributed by atoms with van der Waals surface area (Å²) in [5, 5.41) is 9.66. The monoisotopic (exact) mass is 290 g/mol. The quantitative estimate of drug-likeness (QED) is 0.859. The summed E-state index contributed by atoms with van der Waals surface area (Å²) >= 11 is 1.62. The number of hydrogen-bond acceptors (Lipinski definition) is 3. The van der Waals surface area contributed by atoms with Gasteiger partial charge in [0.15, 0.2) is 0 Å². The van der Waals surface area contributed by atoms with Crippen molar-refractivity contribution < 1.29 is 9.53 Å². The van der Waals surface area contributed by atoms with E-state index in [0.717, 1.165) is 11.1 Å². The van der Waals surface area contributed by atoms with Crippen LogP contribution in [0.15, 0.2) is 47.2 Å². The third-order valence-electron chi connectivity index (χ3n) is 2.94. The summed E-state index contributed by atoms with van der Waals surface area (Å²) in [6.45, 7) is 0.969. The average molecular weight is 290 g/mol. The Balaban J connectivity index is 1.74. The lowest BCUT2D eigenvalue weighted by molar-refractivity contribution is 0.104. The molecule has 0 aliphatic carbocycles. The van der Waals surface area contributed by atoms with Crippen LogP contribution in [0.4, 0.5) is 4.79 Å². The molecule has 0 radical (unpaired) electrons. The van der Waals surface area contributed by atoms with E-state index in [1.54, 1.807) is 18.4 Å². The summed E-state index contributed by atoms with van der Waals surface area (Å²) in [6.07, 6.45) is -0.108. The lowest BCUT2D eigenvalue weighted by Crippen LogP contribution is -2.37. The standard InChI is InChI=1S/C15H18N2O2S/c1-19-14(13-7-8-20-11-13)10-17-15(18)16-9-12-5-3-2-4-6-12/h2-8,11,14H,9-10H2,1H3,(H2,16,17,18)/t14-/m0/s1. The van der Waals surface area contributed by atoms with Crippen LogP contribution in [0, 0.1) is 0 Å². The molecular weight excluding hydrogens is 272 g/mol. The van der Waals surface area contributed by atoms with Crippen LogP contribution in [-0.2, 0) is 11.3 Å². The molecule has 2 N–H and O–H groups in total. The third-order valence-corrected chi connectivity index (χ3v) is 3.64. The maximum Gasteiger partial charge on any atom is 0.315 e. The predicted molar refractivity (Wildman–Crippen MR) is 80.7 cm³/mol. The van der Waals surface area contributed by atoms with Crippen molar-refractivity contribution in [3.05, 3.63) is 58.3 Å². The van der Waals surface area contributed by atoms with Gasteiger partial charge in [-0.15, -0.1) is 0 Å². The first-order valence-electron chi connectivity index (χ1n) is 6.40. The van der Waals surface area contributed by atoms with Gasteiger partial charge in [-0.05, 0) is 28.0 Å². The van der Waals surface area contributed by atoms with Gasteiger partial charge in [0.2, 0.25) is 0 Å². The molecule has 0 saturated carbocycles. The molecule has 1 heterocycles. The second kappa shape index (κ2) is 7.67. The van der Waals surface area contributed by atoms with Gasteiger partial charge in [0, 0.05) is 20.2 Å². The van der Waals surface area contributed by atoms with E-state index in [1.165, 1.54) is 0 Å². The molecule has 0 bridgehead atoms. The topological polar surface area (TPSA) is 50.4 Å². The van der Waals surface area contributed by atoms with Crippen molar-refractivity contribution in [2.75, 3.05) is 13.7 Å². The molecule has 2 amide bonds. The zero-order valence-corrected chi connectivity index (χ0v) is 12.2. The number of benzene rings is 1. The van der Waals surface area contributed by atoms with Crippen LogP contribution in [0.25, 0.3) is 0 Å². The number of carbonyl (C=O) groups excluding carboxylic acids is 1. The number of ether oxygens (including phenoxy) is 1. The largest absolute Gasteiger partial charge is 0.375 e. The smallest absolute Gasteiger partial charge is 0.315 e. The van der Waals surface area contributed by atoms with Crippen LogP contribution < -0.4 is 10.6 Å². The summed E-state index contributed by atoms with van der Waals surface area (Å²) < 4.78 is 5.37. The van der Waals surface area contributed by atoms with Crippen molar-refractivity contribution in [1.82, 2.24) is 10.6 Å². The average Bonchev–Trinajstić information content (AvgIpc) is 3.01. The highest BCUT2D eigenvalue weighted by Crippen LogP contribution is 2.18. The fourth-order valence-electron chi connectivity index (χ4n) is 1.82. The number of methoxy groups -OCH3 is 1. The molecule has 20 heavy (non-hydrogen) atoms. The lowest BCUT2D eigenvalue weighted by atomic mass is 10.2. The zero-order valence-electron chi connectivity index (χ0n) is 11.3. The molecule has 1 aromatic carbocycles. The minimum Gasteiger partial charge on any atom is -0.375 e. The van der Waals surface area contributed by atoms with Gasteiger partial charge in [0.1, 0.15) is 6.10 Å². The fourth-order valence-corrected chi connectivity index (χ4v) is 2.52. The van der Waals surface area contributed by atoms with Crippen molar-refractivity contribution in [3.8, 4) is 0 Å². The number of carbonyl (C=O) groups is 1. The van der Waals surface area contributed by atoms with Crippen LogP contribution in [0.1, 0.15) is 17.2 Å². The van der Waals surface area contributed by atoms with E-state index in [4.69, 9.17) is 4.74 Å². The molecule has 0 aliphatic heterocycles. The maximum atomic E-state index is 11.7. The normalized spacial score (nSPS) is 11.8. The molecule has 0 fully saturated rings. The molecule has 106 valence electrons. The molecule has 5 heteroatoms. The molecule has 0 spiro atoms. The van der Waals surface area contributed by atoms with Gasteiger partial charge < -0.3 is 15.4 Å². The van der Waals surface area contributed by atoms with Crippen molar-refractivity contribution in [2.45, 2.75) is 12.6 Å². The van der Waals surface area contributed by atoms with E-state index in [2.05, 4.69) is 10.6 Å². The second-order valence-electron chi connectivity index (χ2n) is 4.33. The number of nitrogens with one attached hydrogen (secondary N) is 2. The Morgan fingerprint density at radius 3 is 2.70 bits per heavy atom. The van der Waals surface area contributed by atoms with Gasteiger partial charge in [-0.2, -0.15) is 11.3 Å². The zero-order chi connectivity index (χ0) is 14.2. The SMILES string of the molecule is CO[C@@H](CNC(=O)NCc1ccccc1)c1ccsc1. The number of thiophene rings is 1. The molecule has 1 atom stereocenters. The Morgan fingerprint density at radius 1 is 1.25 bits per heavy atom. The highest BCUT2D eigenvalue weighted by molar-refractivity contribution is 7.07. The molecule has 0 unspecified atom stereocenters. The molecular formula is C15H18N2O2S. The number of amides is 2. The Labute approximate surface area is 122 Å². The number of urea groups is 1. The minimum absolute atomic E-state index is 0.108. The van der Waals surface area contributed by atoms with Crippen molar-refractivity contribution in [2.24, 2.45) is 0 Å². The van der Waals surface area contributed by atoms with Gasteiger partial charge >= 0.3 is 6.03 Å².